The van der Waals surface area contributed by atoms with E-state index in [1.807, 2.05) is 6.20 Å². The highest BCUT2D eigenvalue weighted by Crippen LogP contribution is 2.19. The maximum absolute atomic E-state index is 4.45. The minimum atomic E-state index is 0.826. The van der Waals surface area contributed by atoms with Gasteiger partial charge in [-0.3, -0.25) is 4.68 Å². The van der Waals surface area contributed by atoms with Crippen molar-refractivity contribution in [2.45, 2.75) is 52.5 Å². The number of piperidine rings is 1. The maximum atomic E-state index is 4.45. The third kappa shape index (κ3) is 3.84. The topological polar surface area (TPSA) is 21.1 Å². The Morgan fingerprint density at radius 3 is 2.67 bits per heavy atom. The monoisotopic (exact) mass is 249 g/mol. The summed E-state index contributed by atoms with van der Waals surface area (Å²) < 4.78 is 2.14. The number of unbranched alkanes of at least 4 members (excludes halogenated alkanes) is 1. The molecule has 18 heavy (non-hydrogen) atoms. The lowest BCUT2D eigenvalue weighted by atomic mass is 9.96. The van der Waals surface area contributed by atoms with Crippen molar-refractivity contribution >= 4 is 0 Å². The molecule has 0 bridgehead atoms. The smallest absolute Gasteiger partial charge is 0.0521 e. The first-order valence-electron chi connectivity index (χ1n) is 7.55. The fraction of sp³-hybridized carbons (Fsp3) is 0.800. The fourth-order valence-corrected chi connectivity index (χ4v) is 2.73. The molecule has 0 N–H and O–H groups in total. The highest BCUT2D eigenvalue weighted by atomic mass is 15.3. The van der Waals surface area contributed by atoms with Crippen LogP contribution in [0.1, 0.15) is 45.1 Å². The van der Waals surface area contributed by atoms with Crippen molar-refractivity contribution in [1.82, 2.24) is 14.7 Å². The van der Waals surface area contributed by atoms with E-state index in [9.17, 15) is 0 Å². The van der Waals surface area contributed by atoms with Gasteiger partial charge < -0.3 is 4.90 Å². The highest BCUT2D eigenvalue weighted by Gasteiger charge is 2.19. The number of rotatable bonds is 6. The summed E-state index contributed by atoms with van der Waals surface area (Å²) >= 11 is 0. The summed E-state index contributed by atoms with van der Waals surface area (Å²) in [6.45, 7) is 9.44. The fourth-order valence-electron chi connectivity index (χ4n) is 2.73. The van der Waals surface area contributed by atoms with Crippen LogP contribution in [0.15, 0.2) is 12.4 Å². The SMILES string of the molecule is CCCCN1CCC(Cn2cc(CC)cn2)CC1. The van der Waals surface area contributed by atoms with Crippen LogP contribution in [0.25, 0.3) is 0 Å². The van der Waals surface area contributed by atoms with Crippen LogP contribution >= 0.6 is 0 Å². The van der Waals surface area contributed by atoms with Gasteiger partial charge in [-0.2, -0.15) is 5.10 Å². The second kappa shape index (κ2) is 6.93. The largest absolute Gasteiger partial charge is 0.303 e. The molecule has 0 aromatic carbocycles. The van der Waals surface area contributed by atoms with Gasteiger partial charge >= 0.3 is 0 Å². The minimum Gasteiger partial charge on any atom is -0.303 e. The molecule has 1 saturated heterocycles. The highest BCUT2D eigenvalue weighted by molar-refractivity contribution is 5.02. The first-order valence-corrected chi connectivity index (χ1v) is 7.55. The predicted octanol–water partition coefficient (Wildman–Crippen LogP) is 2.96. The average molecular weight is 249 g/mol. The third-order valence-corrected chi connectivity index (χ3v) is 4.08. The number of likely N-dealkylation sites (tertiary alicyclic amines) is 1. The van der Waals surface area contributed by atoms with Crippen LogP contribution < -0.4 is 0 Å². The van der Waals surface area contributed by atoms with Crippen molar-refractivity contribution in [1.29, 1.82) is 0 Å². The second-order valence-electron chi connectivity index (χ2n) is 5.56. The second-order valence-corrected chi connectivity index (χ2v) is 5.56. The molecule has 3 nitrogen and oxygen atoms in total. The summed E-state index contributed by atoms with van der Waals surface area (Å²) in [5.41, 5.74) is 1.36. The zero-order valence-electron chi connectivity index (χ0n) is 11.9. The molecule has 0 atom stereocenters. The van der Waals surface area contributed by atoms with Crippen LogP contribution in [0.2, 0.25) is 0 Å². The lowest BCUT2D eigenvalue weighted by Crippen LogP contribution is -2.35. The van der Waals surface area contributed by atoms with Gasteiger partial charge in [0.25, 0.3) is 0 Å². The molecule has 0 spiro atoms. The zero-order chi connectivity index (χ0) is 12.8. The normalized spacial score (nSPS) is 18.3. The van der Waals surface area contributed by atoms with Crippen LogP contribution in [0.5, 0.6) is 0 Å². The minimum absolute atomic E-state index is 0.826. The Bertz CT molecular complexity index is 337. The van der Waals surface area contributed by atoms with E-state index in [-0.39, 0.29) is 0 Å². The number of hydrogen-bond donors (Lipinski definition) is 0. The number of aromatic nitrogens is 2. The Labute approximate surface area is 111 Å². The molecule has 0 amide bonds. The van der Waals surface area contributed by atoms with Crippen molar-refractivity contribution in [2.24, 2.45) is 5.92 Å². The Balaban J connectivity index is 1.73. The van der Waals surface area contributed by atoms with E-state index in [2.05, 4.69) is 34.7 Å². The number of aryl methyl sites for hydroxylation is 1. The quantitative estimate of drug-likeness (QED) is 0.773. The molecule has 1 aliphatic rings. The summed E-state index contributed by atoms with van der Waals surface area (Å²) in [5, 5.41) is 4.45. The zero-order valence-corrected chi connectivity index (χ0v) is 11.9. The van der Waals surface area contributed by atoms with Crippen molar-refractivity contribution in [3.63, 3.8) is 0 Å². The van der Waals surface area contributed by atoms with E-state index < -0.39 is 0 Å². The molecule has 0 unspecified atom stereocenters. The van der Waals surface area contributed by atoms with Crippen molar-refractivity contribution in [3.8, 4) is 0 Å². The molecule has 1 aromatic heterocycles. The molecule has 2 heterocycles. The van der Waals surface area contributed by atoms with E-state index in [0.29, 0.717) is 0 Å². The summed E-state index contributed by atoms with van der Waals surface area (Å²) in [5.74, 6) is 0.826. The number of nitrogens with zero attached hydrogens (tertiary/aromatic N) is 3. The van der Waals surface area contributed by atoms with Crippen LogP contribution in [0, 0.1) is 5.92 Å². The third-order valence-electron chi connectivity index (χ3n) is 4.08. The Morgan fingerprint density at radius 2 is 2.06 bits per heavy atom. The van der Waals surface area contributed by atoms with Gasteiger partial charge in [0.1, 0.15) is 0 Å². The summed E-state index contributed by atoms with van der Waals surface area (Å²) in [6.07, 6.45) is 10.7. The van der Waals surface area contributed by atoms with Crippen molar-refractivity contribution in [3.05, 3.63) is 18.0 Å². The van der Waals surface area contributed by atoms with Gasteiger partial charge in [0.05, 0.1) is 6.20 Å². The lowest BCUT2D eigenvalue weighted by molar-refractivity contribution is 0.169. The van der Waals surface area contributed by atoms with Crippen molar-refractivity contribution < 1.29 is 0 Å². The average Bonchev–Trinajstić information content (AvgIpc) is 2.86. The van der Waals surface area contributed by atoms with Gasteiger partial charge in [-0.25, -0.2) is 0 Å². The van der Waals surface area contributed by atoms with E-state index in [1.165, 1.54) is 50.9 Å². The molecule has 1 aromatic rings. The molecular formula is C15H27N3. The van der Waals surface area contributed by atoms with Crippen molar-refractivity contribution in [2.75, 3.05) is 19.6 Å². The van der Waals surface area contributed by atoms with Gasteiger partial charge in [0, 0.05) is 12.7 Å². The van der Waals surface area contributed by atoms with Gasteiger partial charge in [0.2, 0.25) is 0 Å². The first-order chi connectivity index (χ1) is 8.81. The molecular weight excluding hydrogens is 222 g/mol. The van der Waals surface area contributed by atoms with Crippen LogP contribution in [-0.2, 0) is 13.0 Å². The molecule has 1 fully saturated rings. The number of hydrogen-bond acceptors (Lipinski definition) is 2. The van der Waals surface area contributed by atoms with E-state index in [1.54, 1.807) is 0 Å². The molecule has 102 valence electrons. The standard InChI is InChI=1S/C15H27N3/c1-3-5-8-17-9-6-15(7-10-17)13-18-12-14(4-2)11-16-18/h11-12,15H,3-10,13H2,1-2H3. The van der Waals surface area contributed by atoms with Gasteiger partial charge in [-0.1, -0.05) is 20.3 Å². The van der Waals surface area contributed by atoms with Crippen LogP contribution in [0.4, 0.5) is 0 Å². The molecule has 3 heteroatoms. The lowest BCUT2D eigenvalue weighted by Gasteiger charge is -2.31. The van der Waals surface area contributed by atoms with E-state index >= 15 is 0 Å². The van der Waals surface area contributed by atoms with E-state index in [0.717, 1.165) is 18.9 Å². The Morgan fingerprint density at radius 1 is 1.28 bits per heavy atom. The van der Waals surface area contributed by atoms with Crippen LogP contribution in [0.3, 0.4) is 0 Å². The summed E-state index contributed by atoms with van der Waals surface area (Å²) in [7, 11) is 0. The van der Waals surface area contributed by atoms with Gasteiger partial charge in [-0.15, -0.1) is 0 Å². The van der Waals surface area contributed by atoms with Crippen LogP contribution in [-0.4, -0.2) is 34.3 Å². The molecule has 0 aliphatic carbocycles. The maximum Gasteiger partial charge on any atom is 0.0521 e. The summed E-state index contributed by atoms with van der Waals surface area (Å²) in [6, 6.07) is 0. The van der Waals surface area contributed by atoms with Gasteiger partial charge in [-0.05, 0) is 56.8 Å². The first kappa shape index (κ1) is 13.6. The molecule has 1 aliphatic heterocycles. The molecule has 0 radical (unpaired) electrons. The predicted molar refractivity (Wildman–Crippen MR) is 75.7 cm³/mol. The summed E-state index contributed by atoms with van der Waals surface area (Å²) in [4.78, 5) is 2.63. The van der Waals surface area contributed by atoms with E-state index in [4.69, 9.17) is 0 Å². The molecule has 0 saturated carbocycles. The van der Waals surface area contributed by atoms with Gasteiger partial charge in [0.15, 0.2) is 0 Å². The Hall–Kier alpha value is -0.830. The molecule has 2 rings (SSSR count). The Kier molecular flexibility index (Phi) is 5.24.